The molecule has 37 heavy (non-hydrogen) atoms. The minimum Gasteiger partial charge on any atom is -0.460 e. The van der Waals surface area contributed by atoms with Crippen molar-refractivity contribution >= 4 is 11.7 Å². The van der Waals surface area contributed by atoms with Gasteiger partial charge in [-0.05, 0) is 49.4 Å². The molecule has 2 aliphatic rings. The zero-order valence-corrected chi connectivity index (χ0v) is 21.3. The van der Waals surface area contributed by atoms with Gasteiger partial charge in [-0.25, -0.2) is 18.7 Å². The van der Waals surface area contributed by atoms with Crippen molar-refractivity contribution in [3.63, 3.8) is 0 Å². The number of hydrogen-bond acceptors (Lipinski definition) is 9. The van der Waals surface area contributed by atoms with Crippen LogP contribution in [0.15, 0.2) is 35.1 Å². The zero-order chi connectivity index (χ0) is 26.1. The van der Waals surface area contributed by atoms with Crippen molar-refractivity contribution in [1.29, 1.82) is 0 Å². The number of piperidine rings is 1. The average Bonchev–Trinajstić information content (AvgIpc) is 3.54. The van der Waals surface area contributed by atoms with Crippen molar-refractivity contribution in [2.24, 2.45) is 11.7 Å². The summed E-state index contributed by atoms with van der Waals surface area (Å²) in [7, 11) is 0. The molecule has 2 fully saturated rings. The Morgan fingerprint density at radius 3 is 2.46 bits per heavy atom. The Balaban J connectivity index is 1.15. The van der Waals surface area contributed by atoms with Gasteiger partial charge in [-0.15, -0.1) is 0 Å². The van der Waals surface area contributed by atoms with Gasteiger partial charge in [0.05, 0.1) is 18.1 Å². The van der Waals surface area contributed by atoms with Crippen LogP contribution in [0.2, 0.25) is 0 Å². The first-order valence-electron chi connectivity index (χ1n) is 12.8. The second kappa shape index (κ2) is 10.6. The van der Waals surface area contributed by atoms with E-state index in [0.717, 1.165) is 49.6 Å². The Labute approximate surface area is 215 Å². The summed E-state index contributed by atoms with van der Waals surface area (Å²) in [6, 6.07) is 4.06. The van der Waals surface area contributed by atoms with Gasteiger partial charge in [0.25, 0.3) is 0 Å². The van der Waals surface area contributed by atoms with Gasteiger partial charge in [-0.3, -0.25) is 0 Å². The molecule has 3 aromatic rings. The lowest BCUT2D eigenvalue weighted by Gasteiger charge is -2.33. The van der Waals surface area contributed by atoms with Crippen LogP contribution < -0.4 is 20.3 Å². The van der Waals surface area contributed by atoms with Gasteiger partial charge in [0, 0.05) is 44.1 Å². The third-order valence-corrected chi connectivity index (χ3v) is 7.42. The van der Waals surface area contributed by atoms with Crippen LogP contribution in [0.4, 0.5) is 20.5 Å². The van der Waals surface area contributed by atoms with Crippen LogP contribution in [-0.2, 0) is 0 Å². The third-order valence-electron chi connectivity index (χ3n) is 7.42. The highest BCUT2D eigenvalue weighted by Crippen LogP contribution is 2.32. The van der Waals surface area contributed by atoms with Crippen molar-refractivity contribution in [1.82, 2.24) is 20.1 Å². The number of ether oxygens (including phenoxy) is 1. The molecule has 0 saturated carbocycles. The minimum atomic E-state index is -0.471. The van der Waals surface area contributed by atoms with Crippen LogP contribution in [-0.4, -0.2) is 58.4 Å². The fraction of sp³-hybridized carbons (Fsp3) is 0.538. The molecule has 5 rings (SSSR count). The normalized spacial score (nSPS) is 21.6. The maximum atomic E-state index is 14.3. The highest BCUT2D eigenvalue weighted by Gasteiger charge is 2.34. The van der Waals surface area contributed by atoms with Gasteiger partial charge >= 0.3 is 12.0 Å². The summed E-state index contributed by atoms with van der Waals surface area (Å²) >= 11 is 0. The first kappa shape index (κ1) is 25.3. The number of rotatable bonds is 7. The summed E-state index contributed by atoms with van der Waals surface area (Å²) in [6.07, 6.45) is 5.19. The van der Waals surface area contributed by atoms with Crippen LogP contribution >= 0.6 is 0 Å². The fourth-order valence-electron chi connectivity index (χ4n) is 5.11. The molecule has 2 N–H and O–H groups in total. The quantitative estimate of drug-likeness (QED) is 0.504. The molecule has 0 spiro atoms. The summed E-state index contributed by atoms with van der Waals surface area (Å²) in [5, 5.41) is 4.06. The van der Waals surface area contributed by atoms with Gasteiger partial charge in [-0.2, -0.15) is 4.98 Å². The van der Waals surface area contributed by atoms with Gasteiger partial charge < -0.3 is 24.8 Å². The monoisotopic (exact) mass is 513 g/mol. The molecular weight excluding hydrogens is 480 g/mol. The van der Waals surface area contributed by atoms with E-state index < -0.39 is 11.6 Å². The van der Waals surface area contributed by atoms with E-state index in [4.69, 9.17) is 15.0 Å². The van der Waals surface area contributed by atoms with E-state index in [2.05, 4.69) is 25.0 Å². The number of nitrogens with zero attached hydrogens (tertiary/aromatic N) is 6. The maximum absolute atomic E-state index is 14.3. The van der Waals surface area contributed by atoms with Crippen molar-refractivity contribution in [2.75, 3.05) is 36.0 Å². The van der Waals surface area contributed by atoms with Crippen molar-refractivity contribution in [3.05, 3.63) is 53.6 Å². The minimum absolute atomic E-state index is 0.0533. The molecule has 2 aromatic heterocycles. The third kappa shape index (κ3) is 5.51. The average molecular weight is 514 g/mol. The standard InChI is InChI=1S/C26H33F2N7O2/c1-15(2)24-32-26(37-33-24)34-8-6-17(7-9-34)16(3)36-25-30-11-19(12-31-25)35-13-21(23(29)14-35)20-10-18(27)4-5-22(20)28/h4-5,10-12,15-17,21,23H,6-9,13-14,29H2,1-3H3. The summed E-state index contributed by atoms with van der Waals surface area (Å²) in [5.41, 5.74) is 7.35. The van der Waals surface area contributed by atoms with E-state index in [0.29, 0.717) is 36.6 Å². The Kier molecular flexibility index (Phi) is 7.23. The number of benzene rings is 1. The first-order valence-corrected chi connectivity index (χ1v) is 12.8. The largest absolute Gasteiger partial charge is 0.460 e. The molecule has 3 unspecified atom stereocenters. The van der Waals surface area contributed by atoms with E-state index in [-0.39, 0.29) is 24.0 Å². The van der Waals surface area contributed by atoms with Gasteiger partial charge in [0.1, 0.15) is 17.7 Å². The van der Waals surface area contributed by atoms with Crippen LogP contribution in [0.3, 0.4) is 0 Å². The molecule has 1 aromatic carbocycles. The topological polar surface area (TPSA) is 106 Å². The molecular formula is C26H33F2N7O2. The van der Waals surface area contributed by atoms with E-state index in [9.17, 15) is 8.78 Å². The number of nitrogens with two attached hydrogens (primary N) is 1. The summed E-state index contributed by atoms with van der Waals surface area (Å²) in [4.78, 5) is 17.4. The predicted octanol–water partition coefficient (Wildman–Crippen LogP) is 3.88. The highest BCUT2D eigenvalue weighted by atomic mass is 19.1. The van der Waals surface area contributed by atoms with E-state index >= 15 is 0 Å². The summed E-state index contributed by atoms with van der Waals surface area (Å²) in [5.74, 6) is 0.0755. The lowest BCUT2D eigenvalue weighted by Crippen LogP contribution is -2.39. The molecule has 4 heterocycles. The van der Waals surface area contributed by atoms with Gasteiger partial charge in [-0.1, -0.05) is 19.0 Å². The highest BCUT2D eigenvalue weighted by molar-refractivity contribution is 5.46. The summed E-state index contributed by atoms with van der Waals surface area (Å²) < 4.78 is 39.5. The molecule has 2 saturated heterocycles. The molecule has 0 aliphatic carbocycles. The Morgan fingerprint density at radius 1 is 1.05 bits per heavy atom. The van der Waals surface area contributed by atoms with Crippen LogP contribution in [0.5, 0.6) is 6.01 Å². The molecule has 9 nitrogen and oxygen atoms in total. The number of anilines is 2. The molecule has 0 radical (unpaired) electrons. The second-order valence-corrected chi connectivity index (χ2v) is 10.3. The SMILES string of the molecule is CC(C)c1noc(N2CCC(C(C)Oc3ncc(N4CC(N)C(c5cc(F)ccc5F)C4)cn3)CC2)n1. The molecule has 3 atom stereocenters. The van der Waals surface area contributed by atoms with Crippen molar-refractivity contribution < 1.29 is 18.0 Å². The number of halogens is 2. The number of aromatic nitrogens is 4. The van der Waals surface area contributed by atoms with Gasteiger partial charge in [0.2, 0.25) is 0 Å². The van der Waals surface area contributed by atoms with Crippen LogP contribution in [0.25, 0.3) is 0 Å². The maximum Gasteiger partial charge on any atom is 0.324 e. The van der Waals surface area contributed by atoms with Gasteiger partial charge in [0.15, 0.2) is 5.82 Å². The van der Waals surface area contributed by atoms with E-state index in [1.807, 2.05) is 25.7 Å². The Hall–Kier alpha value is -3.34. The smallest absolute Gasteiger partial charge is 0.324 e. The van der Waals surface area contributed by atoms with E-state index in [1.54, 1.807) is 12.4 Å². The lowest BCUT2D eigenvalue weighted by atomic mass is 9.92. The zero-order valence-electron chi connectivity index (χ0n) is 21.3. The molecule has 2 aliphatic heterocycles. The van der Waals surface area contributed by atoms with Crippen LogP contribution in [0.1, 0.15) is 56.8 Å². The fourth-order valence-corrected chi connectivity index (χ4v) is 5.11. The summed E-state index contributed by atoms with van der Waals surface area (Å²) in [6.45, 7) is 8.72. The second-order valence-electron chi connectivity index (χ2n) is 10.3. The predicted molar refractivity (Wildman–Crippen MR) is 135 cm³/mol. The van der Waals surface area contributed by atoms with Crippen molar-refractivity contribution in [2.45, 2.75) is 57.6 Å². The van der Waals surface area contributed by atoms with Crippen LogP contribution in [0, 0.1) is 17.6 Å². The Morgan fingerprint density at radius 2 is 1.78 bits per heavy atom. The van der Waals surface area contributed by atoms with Crippen molar-refractivity contribution in [3.8, 4) is 6.01 Å². The number of hydrogen-bond donors (Lipinski definition) is 1. The molecule has 0 amide bonds. The molecule has 11 heteroatoms. The molecule has 0 bridgehead atoms. The first-order chi connectivity index (χ1) is 17.8. The molecule has 198 valence electrons. The Bertz CT molecular complexity index is 1200. The lowest BCUT2D eigenvalue weighted by molar-refractivity contribution is 0.120. The van der Waals surface area contributed by atoms with E-state index in [1.165, 1.54) is 6.07 Å².